The van der Waals surface area contributed by atoms with E-state index in [1.165, 1.54) is 4.70 Å². The third kappa shape index (κ3) is 3.00. The lowest BCUT2D eigenvalue weighted by Gasteiger charge is -2.30. The second kappa shape index (κ2) is 5.24. The van der Waals surface area contributed by atoms with E-state index < -0.39 is 0 Å². The molecule has 0 spiro atoms. The Morgan fingerprint density at radius 1 is 1.33 bits per heavy atom. The first-order valence-electron chi connectivity index (χ1n) is 6.23. The van der Waals surface area contributed by atoms with Gasteiger partial charge in [0, 0.05) is 12.6 Å². The van der Waals surface area contributed by atoms with Crippen molar-refractivity contribution >= 4 is 26.7 Å². The number of hydrogen-bond acceptors (Lipinski definition) is 4. The van der Waals surface area contributed by atoms with Gasteiger partial charge in [0.15, 0.2) is 5.13 Å². The zero-order valence-corrected chi connectivity index (χ0v) is 11.9. The number of para-hydroxylation sites is 1. The molecule has 0 radical (unpaired) electrons. The van der Waals surface area contributed by atoms with Gasteiger partial charge in [-0.15, -0.1) is 0 Å². The highest BCUT2D eigenvalue weighted by molar-refractivity contribution is 7.22. The third-order valence-corrected chi connectivity index (χ3v) is 4.02. The van der Waals surface area contributed by atoms with Gasteiger partial charge in [-0.2, -0.15) is 0 Å². The van der Waals surface area contributed by atoms with E-state index in [0.717, 1.165) is 17.1 Å². The van der Waals surface area contributed by atoms with Crippen molar-refractivity contribution < 1.29 is 5.11 Å². The topological polar surface area (TPSA) is 45.1 Å². The van der Waals surface area contributed by atoms with Crippen LogP contribution in [0.15, 0.2) is 24.3 Å². The maximum absolute atomic E-state index is 9.16. The number of aliphatic hydroxyl groups excluding tert-OH is 1. The fourth-order valence-corrected chi connectivity index (χ4v) is 2.85. The van der Waals surface area contributed by atoms with Crippen molar-refractivity contribution in [1.82, 2.24) is 4.98 Å². The molecule has 0 saturated heterocycles. The molecule has 1 unspecified atom stereocenters. The molecule has 3 nitrogen and oxygen atoms in total. The molecule has 2 rings (SSSR count). The van der Waals surface area contributed by atoms with E-state index in [-0.39, 0.29) is 18.1 Å². The molecule has 1 heterocycles. The quantitative estimate of drug-likeness (QED) is 0.888. The van der Waals surface area contributed by atoms with Crippen LogP contribution >= 0.6 is 11.3 Å². The summed E-state index contributed by atoms with van der Waals surface area (Å²) in [6.45, 7) is 6.72. The molecule has 98 valence electrons. The molecule has 1 aromatic carbocycles. The number of benzene rings is 1. The molecule has 1 atom stereocenters. The predicted octanol–water partition coefficient (Wildman–Crippen LogP) is 3.51. The molecule has 0 aliphatic carbocycles. The highest BCUT2D eigenvalue weighted by Crippen LogP contribution is 2.30. The van der Waals surface area contributed by atoms with Crippen LogP contribution in [-0.4, -0.2) is 22.7 Å². The van der Waals surface area contributed by atoms with E-state index in [2.05, 4.69) is 37.1 Å². The van der Waals surface area contributed by atoms with E-state index in [4.69, 9.17) is 5.11 Å². The van der Waals surface area contributed by atoms with Crippen molar-refractivity contribution in [3.8, 4) is 0 Å². The Kier molecular flexibility index (Phi) is 3.88. The van der Waals surface area contributed by atoms with Crippen molar-refractivity contribution in [2.45, 2.75) is 33.2 Å². The zero-order chi connectivity index (χ0) is 13.2. The average molecular weight is 264 g/mol. The van der Waals surface area contributed by atoms with Crippen LogP contribution in [0.5, 0.6) is 0 Å². The van der Waals surface area contributed by atoms with Crippen molar-refractivity contribution in [2.24, 2.45) is 5.41 Å². The zero-order valence-electron chi connectivity index (χ0n) is 11.1. The second-order valence-electron chi connectivity index (χ2n) is 5.56. The summed E-state index contributed by atoms with van der Waals surface area (Å²) in [4.78, 5) is 4.57. The van der Waals surface area contributed by atoms with Gasteiger partial charge < -0.3 is 10.4 Å². The van der Waals surface area contributed by atoms with E-state index >= 15 is 0 Å². The highest BCUT2D eigenvalue weighted by atomic mass is 32.1. The first-order valence-corrected chi connectivity index (χ1v) is 7.05. The van der Waals surface area contributed by atoms with Crippen LogP contribution < -0.4 is 5.32 Å². The molecule has 0 amide bonds. The number of rotatable bonds is 4. The minimum atomic E-state index is 0.0978. The molecule has 2 aromatic rings. The number of anilines is 1. The SMILES string of the molecule is CC(C)(C)C(CCO)Nc1nc2ccccc2s1. The minimum Gasteiger partial charge on any atom is -0.396 e. The molecular weight excluding hydrogens is 244 g/mol. The van der Waals surface area contributed by atoms with Crippen molar-refractivity contribution in [3.63, 3.8) is 0 Å². The number of nitrogens with zero attached hydrogens (tertiary/aromatic N) is 1. The van der Waals surface area contributed by atoms with Crippen molar-refractivity contribution in [2.75, 3.05) is 11.9 Å². The first-order chi connectivity index (χ1) is 8.50. The molecule has 0 bridgehead atoms. The lowest BCUT2D eigenvalue weighted by atomic mass is 9.85. The number of hydrogen-bond donors (Lipinski definition) is 2. The largest absolute Gasteiger partial charge is 0.396 e. The van der Waals surface area contributed by atoms with E-state index in [0.29, 0.717) is 0 Å². The lowest BCUT2D eigenvalue weighted by molar-refractivity contribution is 0.235. The fraction of sp³-hybridized carbons (Fsp3) is 0.500. The molecule has 2 N–H and O–H groups in total. The van der Waals surface area contributed by atoms with Crippen LogP contribution in [0.25, 0.3) is 10.2 Å². The molecule has 18 heavy (non-hydrogen) atoms. The Morgan fingerprint density at radius 2 is 2.06 bits per heavy atom. The van der Waals surface area contributed by atoms with Gasteiger partial charge in [-0.1, -0.05) is 44.2 Å². The van der Waals surface area contributed by atoms with Crippen LogP contribution in [0, 0.1) is 5.41 Å². The second-order valence-corrected chi connectivity index (χ2v) is 6.59. The molecule has 0 saturated carbocycles. The summed E-state index contributed by atoms with van der Waals surface area (Å²) < 4.78 is 1.19. The maximum atomic E-state index is 9.16. The van der Waals surface area contributed by atoms with Gasteiger partial charge in [-0.05, 0) is 24.0 Å². The van der Waals surface area contributed by atoms with E-state index in [1.807, 2.05) is 18.2 Å². The van der Waals surface area contributed by atoms with Gasteiger partial charge in [0.25, 0.3) is 0 Å². The highest BCUT2D eigenvalue weighted by Gasteiger charge is 2.24. The van der Waals surface area contributed by atoms with Gasteiger partial charge in [-0.3, -0.25) is 0 Å². The van der Waals surface area contributed by atoms with Gasteiger partial charge in [0.1, 0.15) is 0 Å². The van der Waals surface area contributed by atoms with Gasteiger partial charge >= 0.3 is 0 Å². The average Bonchev–Trinajstić information content (AvgIpc) is 2.69. The monoisotopic (exact) mass is 264 g/mol. The van der Waals surface area contributed by atoms with Gasteiger partial charge in [0.05, 0.1) is 10.2 Å². The fourth-order valence-electron chi connectivity index (χ4n) is 1.93. The number of aromatic nitrogens is 1. The summed E-state index contributed by atoms with van der Waals surface area (Å²) in [6, 6.07) is 8.36. The Balaban J connectivity index is 2.20. The Hall–Kier alpha value is -1.13. The molecule has 4 heteroatoms. The maximum Gasteiger partial charge on any atom is 0.184 e. The van der Waals surface area contributed by atoms with E-state index in [9.17, 15) is 0 Å². The van der Waals surface area contributed by atoms with Crippen molar-refractivity contribution in [3.05, 3.63) is 24.3 Å². The molecular formula is C14H20N2OS. The van der Waals surface area contributed by atoms with Crippen molar-refractivity contribution in [1.29, 1.82) is 0 Å². The van der Waals surface area contributed by atoms with Crippen LogP contribution in [0.1, 0.15) is 27.2 Å². The van der Waals surface area contributed by atoms with E-state index in [1.54, 1.807) is 11.3 Å². The summed E-state index contributed by atoms with van der Waals surface area (Å²) in [6.07, 6.45) is 0.736. The Morgan fingerprint density at radius 3 is 2.67 bits per heavy atom. The smallest absolute Gasteiger partial charge is 0.184 e. The summed E-state index contributed by atoms with van der Waals surface area (Å²) in [5.41, 5.74) is 1.13. The number of fused-ring (bicyclic) bond motifs is 1. The van der Waals surface area contributed by atoms with Crippen LogP contribution in [-0.2, 0) is 0 Å². The molecule has 1 aromatic heterocycles. The third-order valence-electron chi connectivity index (χ3n) is 3.05. The van der Waals surface area contributed by atoms with Crippen LogP contribution in [0.2, 0.25) is 0 Å². The van der Waals surface area contributed by atoms with Gasteiger partial charge in [-0.25, -0.2) is 4.98 Å². The molecule has 0 aliphatic heterocycles. The Bertz CT molecular complexity index is 483. The number of aliphatic hydroxyl groups is 1. The number of thiazole rings is 1. The molecule has 0 fully saturated rings. The predicted molar refractivity (Wildman–Crippen MR) is 78.2 cm³/mol. The normalized spacial score (nSPS) is 13.8. The van der Waals surface area contributed by atoms with Gasteiger partial charge in [0.2, 0.25) is 0 Å². The summed E-state index contributed by atoms with van der Waals surface area (Å²) in [5.74, 6) is 0. The molecule has 0 aliphatic rings. The summed E-state index contributed by atoms with van der Waals surface area (Å²) >= 11 is 1.66. The lowest BCUT2D eigenvalue weighted by Crippen LogP contribution is -2.34. The Labute approximate surface area is 112 Å². The first kappa shape index (κ1) is 13.3. The van der Waals surface area contributed by atoms with Crippen LogP contribution in [0.3, 0.4) is 0 Å². The standard InChI is InChI=1S/C14H20N2OS/c1-14(2,3)12(8-9-17)16-13-15-10-6-4-5-7-11(10)18-13/h4-7,12,17H,8-9H2,1-3H3,(H,15,16). The summed E-state index contributed by atoms with van der Waals surface area (Å²) in [5, 5.41) is 13.6. The number of nitrogens with one attached hydrogen (secondary N) is 1. The minimum absolute atomic E-state index is 0.0978. The van der Waals surface area contributed by atoms with Crippen LogP contribution in [0.4, 0.5) is 5.13 Å². The summed E-state index contributed by atoms with van der Waals surface area (Å²) in [7, 11) is 0.